The van der Waals surface area contributed by atoms with E-state index in [2.05, 4.69) is 201 Å². The first-order chi connectivity index (χ1) is 52.5. The van der Waals surface area contributed by atoms with Crippen molar-refractivity contribution in [3.8, 4) is 120 Å². The highest BCUT2D eigenvalue weighted by Gasteiger charge is 2.29. The van der Waals surface area contributed by atoms with Crippen LogP contribution in [-0.4, -0.2) is 112 Å². The minimum atomic E-state index is -0.512. The molecule has 7 aromatic carbocycles. The maximum atomic E-state index is 9.04. The van der Waals surface area contributed by atoms with Crippen molar-refractivity contribution in [2.75, 3.05) is 52.9 Å². The van der Waals surface area contributed by atoms with E-state index in [9.17, 15) is 0 Å². The van der Waals surface area contributed by atoms with Crippen LogP contribution in [0.5, 0.6) is 74.7 Å². The molecule has 10 aromatic rings. The van der Waals surface area contributed by atoms with E-state index >= 15 is 0 Å². The van der Waals surface area contributed by atoms with Crippen LogP contribution >= 0.6 is 0 Å². The summed E-state index contributed by atoms with van der Waals surface area (Å²) in [6.45, 7) is 40.1. The molecule has 18 nitrogen and oxygen atoms in total. The molecular formula is C92H110N4O14. The zero-order chi connectivity index (χ0) is 78.3. The third-order valence-corrected chi connectivity index (χ3v) is 20.7. The third kappa shape index (κ3) is 19.4. The number of aliphatic hydroxyl groups is 1. The summed E-state index contributed by atoms with van der Waals surface area (Å²) in [5, 5.41) is 12.6. The zero-order valence-corrected chi connectivity index (χ0v) is 67.5. The number of H-pyrrole nitrogens is 2. The monoisotopic (exact) mass is 1490 g/mol. The van der Waals surface area contributed by atoms with Gasteiger partial charge in [0.1, 0.15) is 80.5 Å². The Labute approximate surface area is 648 Å². The molecule has 0 saturated heterocycles. The van der Waals surface area contributed by atoms with E-state index in [1.54, 1.807) is 0 Å². The molecule has 0 amide bonds. The van der Waals surface area contributed by atoms with Crippen LogP contribution < -0.4 is 47.4 Å². The lowest BCUT2D eigenvalue weighted by atomic mass is 10.0. The number of benzene rings is 7. The topological polar surface area (TPSA) is 198 Å². The lowest BCUT2D eigenvalue weighted by Gasteiger charge is -2.28. The lowest BCUT2D eigenvalue weighted by molar-refractivity contribution is 0.00361. The number of nitrogens with one attached hydrogen (secondary N) is 2. The second-order valence-electron chi connectivity index (χ2n) is 31.9. The second kappa shape index (κ2) is 33.3. The van der Waals surface area contributed by atoms with E-state index in [4.69, 9.17) is 76.7 Å². The molecule has 2 aliphatic heterocycles. The van der Waals surface area contributed by atoms with E-state index in [0.717, 1.165) is 110 Å². The Morgan fingerprint density at radius 3 is 0.927 bits per heavy atom. The van der Waals surface area contributed by atoms with Crippen LogP contribution in [-0.2, 0) is 14.2 Å². The molecule has 0 unspecified atom stereocenters. The number of ether oxygens (including phenoxy) is 13. The molecule has 0 atom stereocenters. The maximum absolute atomic E-state index is 9.04. The van der Waals surface area contributed by atoms with Crippen LogP contribution in [0.15, 0.2) is 152 Å². The number of nitrogens with zero attached hydrogens (tertiary/aromatic N) is 2. The van der Waals surface area contributed by atoms with Crippen LogP contribution in [0.3, 0.4) is 0 Å². The smallest absolute Gasteiger partial charge is 0.169 e. The van der Waals surface area contributed by atoms with Gasteiger partial charge in [-0.25, -0.2) is 9.97 Å². The van der Waals surface area contributed by atoms with E-state index in [1.807, 2.05) is 84.9 Å². The fourth-order valence-corrected chi connectivity index (χ4v) is 12.3. The Balaban J connectivity index is 1.05. The summed E-state index contributed by atoms with van der Waals surface area (Å²) < 4.78 is 84.1. The molecule has 3 N–H and O–H groups in total. The van der Waals surface area contributed by atoms with Crippen molar-refractivity contribution >= 4 is 43.6 Å². The van der Waals surface area contributed by atoms with Crippen LogP contribution in [0, 0.1) is 0 Å². The predicted octanol–water partition coefficient (Wildman–Crippen LogP) is 23.5. The molecule has 8 bridgehead atoms. The van der Waals surface area contributed by atoms with Crippen molar-refractivity contribution in [3.05, 3.63) is 152 Å². The second-order valence-corrected chi connectivity index (χ2v) is 31.9. The van der Waals surface area contributed by atoms with Gasteiger partial charge in [0.2, 0.25) is 0 Å². The lowest BCUT2D eigenvalue weighted by Crippen LogP contribution is -2.28. The highest BCUT2D eigenvalue weighted by atomic mass is 16.6. The molecule has 5 heterocycles. The van der Waals surface area contributed by atoms with Gasteiger partial charge in [0, 0.05) is 84.1 Å². The standard InChI is InChI=1S/C92H110N4O14/c1-19-87(7,8)105-62-29-36-81(84(51-62)108-90(13,14)22-4)102-59-26-33-66-70(48-59)79-56-76-68-35-28-61(104-83-38-31-64(107-89(11,12)21-3)53-86(83)110-92(17,18)24-6)50-72(68)80(96-76)57-75-67-34-27-60(103-82-37-30-63(106-88(9,10)20-2)52-85(82)109-91(15,16)23-5)49-71(67)78(95-75)55-73-65-32-25-58(47-69(65)77(93-73)54-74(66)94-79)101-46-45-100-44-43-99-42-41-98-40-39-97/h25-38,47-57,94-95,97H,19-24,39-46H2,1-18H3. The van der Waals surface area contributed by atoms with Crippen molar-refractivity contribution in [3.63, 3.8) is 0 Å². The van der Waals surface area contributed by atoms with E-state index in [0.29, 0.717) is 131 Å². The summed E-state index contributed by atoms with van der Waals surface area (Å²) in [6.07, 6.45) is 4.73. The van der Waals surface area contributed by atoms with Crippen LogP contribution in [0.2, 0.25) is 0 Å². The molecule has 12 rings (SSSR count). The van der Waals surface area contributed by atoms with Crippen molar-refractivity contribution in [2.45, 2.75) is 197 Å². The quantitative estimate of drug-likeness (QED) is 0.0313. The molecule has 0 fully saturated rings. The normalized spacial score (nSPS) is 12.6. The number of aliphatic hydroxyl groups excluding tert-OH is 1. The molecule has 110 heavy (non-hydrogen) atoms. The molecule has 3 aromatic heterocycles. The Bertz CT molecular complexity index is 5010. The molecule has 0 aliphatic carbocycles. The van der Waals surface area contributed by atoms with Gasteiger partial charge in [-0.15, -0.1) is 0 Å². The van der Waals surface area contributed by atoms with Crippen molar-refractivity contribution < 1.29 is 66.7 Å². The Morgan fingerprint density at radius 1 is 0.273 bits per heavy atom. The first-order valence-corrected chi connectivity index (χ1v) is 38.9. The Morgan fingerprint density at radius 2 is 0.564 bits per heavy atom. The molecule has 2 aliphatic rings. The maximum Gasteiger partial charge on any atom is 0.169 e. The number of aromatic amines is 2. The van der Waals surface area contributed by atoms with Crippen molar-refractivity contribution in [1.82, 2.24) is 19.9 Å². The van der Waals surface area contributed by atoms with Gasteiger partial charge in [0.05, 0.1) is 69.0 Å². The summed E-state index contributed by atoms with van der Waals surface area (Å²) in [5.41, 5.74) is 6.76. The zero-order valence-electron chi connectivity index (χ0n) is 67.5. The van der Waals surface area contributed by atoms with Gasteiger partial charge in [-0.3, -0.25) is 0 Å². The van der Waals surface area contributed by atoms with Gasteiger partial charge in [-0.1, -0.05) is 41.5 Å². The Kier molecular flexibility index (Phi) is 24.1. The van der Waals surface area contributed by atoms with Gasteiger partial charge >= 0.3 is 0 Å². The molecule has 582 valence electrons. The summed E-state index contributed by atoms with van der Waals surface area (Å²) in [4.78, 5) is 18.9. The fraction of sp³-hybridized carbons (Fsp3) is 0.413. The number of rotatable bonds is 36. The average molecular weight is 1500 g/mol. The van der Waals surface area contributed by atoms with Gasteiger partial charge in [0.15, 0.2) is 34.5 Å². The number of hydrogen-bond donors (Lipinski definition) is 3. The van der Waals surface area contributed by atoms with Crippen molar-refractivity contribution in [1.29, 1.82) is 0 Å². The summed E-state index contributed by atoms with van der Waals surface area (Å²) in [5.74, 6) is 7.81. The van der Waals surface area contributed by atoms with Crippen LogP contribution in [0.4, 0.5) is 0 Å². The highest BCUT2D eigenvalue weighted by molar-refractivity contribution is 6.11. The third-order valence-electron chi connectivity index (χ3n) is 20.7. The molecule has 0 saturated carbocycles. The highest BCUT2D eigenvalue weighted by Crippen LogP contribution is 2.48. The average Bonchev–Trinajstić information content (AvgIpc) is 1.59. The number of hydrogen-bond acceptors (Lipinski definition) is 16. The molecule has 0 spiro atoms. The predicted molar refractivity (Wildman–Crippen MR) is 439 cm³/mol. The summed E-state index contributed by atoms with van der Waals surface area (Å²) in [6, 6.07) is 50.3. The van der Waals surface area contributed by atoms with Gasteiger partial charge < -0.3 is 76.7 Å². The molecule has 0 radical (unpaired) electrons. The minimum Gasteiger partial charge on any atom is -0.491 e. The molecular weight excluding hydrogens is 1390 g/mol. The van der Waals surface area contributed by atoms with Gasteiger partial charge in [-0.2, -0.15) is 0 Å². The number of aromatic nitrogens is 4. The Hall–Kier alpha value is -9.98. The van der Waals surface area contributed by atoms with Gasteiger partial charge in [-0.05, 0) is 255 Å². The summed E-state index contributed by atoms with van der Waals surface area (Å²) in [7, 11) is 0. The van der Waals surface area contributed by atoms with E-state index < -0.39 is 33.6 Å². The first-order valence-electron chi connectivity index (χ1n) is 38.9. The van der Waals surface area contributed by atoms with E-state index in [-0.39, 0.29) is 13.2 Å². The van der Waals surface area contributed by atoms with Crippen LogP contribution in [0.1, 0.15) is 163 Å². The van der Waals surface area contributed by atoms with E-state index in [1.165, 1.54) is 0 Å². The van der Waals surface area contributed by atoms with Crippen LogP contribution in [0.25, 0.3) is 88.6 Å². The summed E-state index contributed by atoms with van der Waals surface area (Å²) >= 11 is 0. The minimum absolute atomic E-state index is 0.0276. The SMILES string of the molecule is CCC(C)(C)Oc1ccc(Oc2ccc3c(c2)-c2cc4[nH]c(cc5nc(cc6[nH]c(cc-3n2)c2cc(Oc3ccc(OC(C)(C)CC)cc3OC(C)(C)CC)ccc62)-c2cc(OCCOCCOCCOCCO)ccc2-5)c2cc(Oc3ccc(OC(C)(C)CC)cc3OC(C)(C)CC)ccc42)c(OC(C)(C)CC)c1. The molecule has 18 heteroatoms. The first kappa shape index (κ1) is 79.6. The largest absolute Gasteiger partial charge is 0.491 e. The van der Waals surface area contributed by atoms with Crippen molar-refractivity contribution in [2.24, 2.45) is 0 Å². The van der Waals surface area contributed by atoms with Gasteiger partial charge in [0.25, 0.3) is 0 Å². The number of fused-ring (bicyclic) bond motifs is 20. The fourth-order valence-electron chi connectivity index (χ4n) is 12.3.